The summed E-state index contributed by atoms with van der Waals surface area (Å²) in [5.74, 6) is 3.20. The summed E-state index contributed by atoms with van der Waals surface area (Å²) < 4.78 is 14.4. The third kappa shape index (κ3) is 3.84. The van der Waals surface area contributed by atoms with Gasteiger partial charge in [0.25, 0.3) is 0 Å². The number of aromatic nitrogens is 5. The number of methoxy groups -OCH3 is 1. The lowest BCUT2D eigenvalue weighted by atomic mass is 9.96. The highest BCUT2D eigenvalue weighted by Crippen LogP contribution is 2.27. The minimum absolute atomic E-state index is 0.151. The average molecular weight is 384 g/mol. The second-order valence-corrected chi connectivity index (χ2v) is 7.07. The Balaban J connectivity index is 1.36. The number of likely N-dealkylation sites (tertiary alicyclic amines) is 1. The van der Waals surface area contributed by atoms with Crippen LogP contribution >= 0.6 is 0 Å². The Morgan fingerprint density at radius 3 is 2.75 bits per heavy atom. The van der Waals surface area contributed by atoms with E-state index in [1.807, 2.05) is 24.0 Å². The molecule has 0 aromatic carbocycles. The predicted molar refractivity (Wildman–Crippen MR) is 101 cm³/mol. The zero-order valence-electron chi connectivity index (χ0n) is 16.1. The Morgan fingerprint density at radius 1 is 1.25 bits per heavy atom. The van der Waals surface area contributed by atoms with Crippen LogP contribution in [0.2, 0.25) is 0 Å². The highest BCUT2D eigenvalue weighted by molar-refractivity contribution is 5.17. The largest absolute Gasteiger partial charge is 0.490 e. The van der Waals surface area contributed by atoms with E-state index in [0.717, 1.165) is 37.6 Å². The van der Waals surface area contributed by atoms with Crippen molar-refractivity contribution in [2.45, 2.75) is 31.8 Å². The van der Waals surface area contributed by atoms with Crippen molar-refractivity contribution in [1.82, 2.24) is 29.4 Å². The Labute approximate surface area is 162 Å². The van der Waals surface area contributed by atoms with Gasteiger partial charge in [-0.25, -0.2) is 0 Å². The number of ether oxygens (including phenoxy) is 1. The number of hydrogen-bond donors (Lipinski definition) is 0. The van der Waals surface area contributed by atoms with Gasteiger partial charge >= 0.3 is 0 Å². The van der Waals surface area contributed by atoms with E-state index in [1.54, 1.807) is 6.20 Å². The smallest absolute Gasteiger partial charge is 0.227 e. The van der Waals surface area contributed by atoms with Crippen molar-refractivity contribution < 1.29 is 9.15 Å². The third-order valence-corrected chi connectivity index (χ3v) is 5.27. The molecule has 0 radical (unpaired) electrons. The summed E-state index contributed by atoms with van der Waals surface area (Å²) in [6.07, 6.45) is 7.05. The number of hydrogen-bond acceptors (Lipinski definition) is 7. The SMILES string of the molecule is COc1coc(CN2CCC(c3nnc(Cn4cccn4)n3C)CC2)cc1=O. The lowest BCUT2D eigenvalue weighted by Gasteiger charge is -2.30. The van der Waals surface area contributed by atoms with Crippen molar-refractivity contribution in [1.29, 1.82) is 0 Å². The van der Waals surface area contributed by atoms with E-state index in [9.17, 15) is 4.79 Å². The van der Waals surface area contributed by atoms with E-state index < -0.39 is 0 Å². The van der Waals surface area contributed by atoms with Crippen LogP contribution in [-0.2, 0) is 20.1 Å². The van der Waals surface area contributed by atoms with Crippen LogP contribution in [0.25, 0.3) is 0 Å². The summed E-state index contributed by atoms with van der Waals surface area (Å²) in [5.41, 5.74) is -0.151. The molecule has 0 saturated carbocycles. The third-order valence-electron chi connectivity index (χ3n) is 5.27. The summed E-state index contributed by atoms with van der Waals surface area (Å²) >= 11 is 0. The van der Waals surface area contributed by atoms with E-state index in [1.165, 1.54) is 19.4 Å². The highest BCUT2D eigenvalue weighted by Gasteiger charge is 2.25. The average Bonchev–Trinajstić information content (AvgIpc) is 3.34. The topological polar surface area (TPSA) is 91.2 Å². The molecule has 1 aliphatic rings. The van der Waals surface area contributed by atoms with Crippen LogP contribution in [-0.4, -0.2) is 49.6 Å². The molecule has 0 bridgehead atoms. The van der Waals surface area contributed by atoms with Gasteiger partial charge in [-0.1, -0.05) is 0 Å². The molecule has 9 nitrogen and oxygen atoms in total. The Kier molecular flexibility index (Phi) is 5.25. The number of rotatable bonds is 6. The first kappa shape index (κ1) is 18.4. The molecule has 3 aromatic rings. The van der Waals surface area contributed by atoms with Crippen molar-refractivity contribution in [3.8, 4) is 5.75 Å². The molecule has 0 unspecified atom stereocenters. The summed E-state index contributed by atoms with van der Waals surface area (Å²) in [5, 5.41) is 13.0. The van der Waals surface area contributed by atoms with Crippen LogP contribution in [0, 0.1) is 0 Å². The standard InChI is InChI=1S/C19H24N6O3/c1-23-18(12-25-7-3-6-20-25)21-22-19(23)14-4-8-24(9-5-14)11-15-10-16(26)17(27-2)13-28-15/h3,6-7,10,13-14H,4-5,8-9,11-12H2,1-2H3. The monoisotopic (exact) mass is 384 g/mol. The van der Waals surface area contributed by atoms with Crippen molar-refractivity contribution in [3.05, 3.63) is 58.4 Å². The number of nitrogens with zero attached hydrogens (tertiary/aromatic N) is 6. The van der Waals surface area contributed by atoms with Crippen LogP contribution in [0.4, 0.5) is 0 Å². The van der Waals surface area contributed by atoms with E-state index in [4.69, 9.17) is 9.15 Å². The highest BCUT2D eigenvalue weighted by atomic mass is 16.5. The van der Waals surface area contributed by atoms with Crippen LogP contribution in [0.5, 0.6) is 5.75 Å². The van der Waals surface area contributed by atoms with Gasteiger partial charge in [-0.2, -0.15) is 5.10 Å². The lowest BCUT2D eigenvalue weighted by molar-refractivity contribution is 0.185. The molecule has 4 heterocycles. The van der Waals surface area contributed by atoms with Crippen LogP contribution < -0.4 is 10.2 Å². The Bertz CT molecular complexity index is 970. The van der Waals surface area contributed by atoms with Gasteiger partial charge in [0.2, 0.25) is 11.2 Å². The molecule has 3 aromatic heterocycles. The fourth-order valence-corrected chi connectivity index (χ4v) is 3.65. The summed E-state index contributed by atoms with van der Waals surface area (Å²) in [6, 6.07) is 3.41. The fraction of sp³-hybridized carbons (Fsp3) is 0.474. The molecule has 0 aliphatic carbocycles. The zero-order chi connectivity index (χ0) is 19.5. The first-order valence-corrected chi connectivity index (χ1v) is 9.37. The number of piperidine rings is 1. The summed E-state index contributed by atoms with van der Waals surface area (Å²) in [4.78, 5) is 14.2. The van der Waals surface area contributed by atoms with E-state index in [2.05, 4.69) is 24.8 Å². The van der Waals surface area contributed by atoms with Gasteiger partial charge in [0.05, 0.1) is 13.7 Å². The second-order valence-electron chi connectivity index (χ2n) is 7.07. The van der Waals surface area contributed by atoms with Gasteiger partial charge in [0.1, 0.15) is 24.4 Å². The van der Waals surface area contributed by atoms with Gasteiger partial charge in [-0.15, -0.1) is 10.2 Å². The molecular weight excluding hydrogens is 360 g/mol. The normalized spacial score (nSPS) is 15.8. The molecule has 148 valence electrons. The predicted octanol–water partition coefficient (Wildman–Crippen LogP) is 1.40. The van der Waals surface area contributed by atoms with E-state index in [-0.39, 0.29) is 11.2 Å². The van der Waals surface area contributed by atoms with Crippen molar-refractivity contribution >= 4 is 0 Å². The molecule has 0 atom stereocenters. The first-order chi connectivity index (χ1) is 13.6. The fourth-order valence-electron chi connectivity index (χ4n) is 3.65. The van der Waals surface area contributed by atoms with Crippen molar-refractivity contribution in [3.63, 3.8) is 0 Å². The van der Waals surface area contributed by atoms with Gasteiger partial charge in [-0.05, 0) is 32.0 Å². The lowest BCUT2D eigenvalue weighted by Crippen LogP contribution is -2.33. The quantitative estimate of drug-likeness (QED) is 0.634. The minimum Gasteiger partial charge on any atom is -0.490 e. The van der Waals surface area contributed by atoms with Gasteiger partial charge in [-0.3, -0.25) is 14.4 Å². The molecule has 0 spiro atoms. The van der Waals surface area contributed by atoms with Crippen LogP contribution in [0.15, 0.2) is 40.0 Å². The maximum absolute atomic E-state index is 11.9. The summed E-state index contributed by atoms with van der Waals surface area (Å²) in [7, 11) is 3.48. The maximum atomic E-state index is 11.9. The molecule has 1 fully saturated rings. The Morgan fingerprint density at radius 2 is 2.07 bits per heavy atom. The van der Waals surface area contributed by atoms with Crippen LogP contribution in [0.1, 0.15) is 36.2 Å². The molecule has 1 saturated heterocycles. The van der Waals surface area contributed by atoms with Crippen molar-refractivity contribution in [2.24, 2.45) is 7.05 Å². The second kappa shape index (κ2) is 7.97. The minimum atomic E-state index is -0.151. The van der Waals surface area contributed by atoms with E-state index in [0.29, 0.717) is 24.8 Å². The molecule has 9 heteroatoms. The molecule has 4 rings (SSSR count). The van der Waals surface area contributed by atoms with Gasteiger partial charge in [0.15, 0.2) is 5.82 Å². The van der Waals surface area contributed by atoms with Gasteiger partial charge in [0, 0.05) is 31.4 Å². The molecule has 0 amide bonds. The molecular formula is C19H24N6O3. The van der Waals surface area contributed by atoms with Crippen molar-refractivity contribution in [2.75, 3.05) is 20.2 Å². The molecule has 1 aliphatic heterocycles. The van der Waals surface area contributed by atoms with E-state index >= 15 is 0 Å². The summed E-state index contributed by atoms with van der Waals surface area (Å²) in [6.45, 7) is 3.07. The molecule has 0 N–H and O–H groups in total. The van der Waals surface area contributed by atoms with Gasteiger partial charge < -0.3 is 13.7 Å². The Hall–Kier alpha value is -2.94. The maximum Gasteiger partial charge on any atom is 0.227 e. The zero-order valence-corrected chi connectivity index (χ0v) is 16.1. The molecule has 28 heavy (non-hydrogen) atoms. The van der Waals surface area contributed by atoms with Crippen LogP contribution in [0.3, 0.4) is 0 Å². The first-order valence-electron chi connectivity index (χ1n) is 9.37.